The van der Waals surface area contributed by atoms with Gasteiger partial charge in [-0.1, -0.05) is 115 Å². The highest BCUT2D eigenvalue weighted by atomic mass is 16.3. The largest absolute Gasteiger partial charge is 0.456 e. The van der Waals surface area contributed by atoms with Gasteiger partial charge in [0.15, 0.2) is 0 Å². The Morgan fingerprint density at radius 3 is 1.80 bits per heavy atom. The van der Waals surface area contributed by atoms with Crippen LogP contribution in [0, 0.1) is 0 Å². The fraction of sp³-hybridized carbons (Fsp3) is 0. The third kappa shape index (κ3) is 4.23. The Labute approximate surface area is 292 Å². The molecule has 11 rings (SSSR count). The summed E-state index contributed by atoms with van der Waals surface area (Å²) < 4.78 is 15.7. The molecule has 4 heteroatoms. The van der Waals surface area contributed by atoms with Crippen molar-refractivity contribution in [1.82, 2.24) is 9.55 Å². The molecule has 238 valence electrons. The number of rotatable bonds is 4. The average molecular weight is 653 g/mol. The minimum atomic E-state index is 0.866. The molecule has 0 radical (unpaired) electrons. The Bertz CT molecular complexity index is 3070. The van der Waals surface area contributed by atoms with Crippen LogP contribution in [0.5, 0.6) is 0 Å². The highest BCUT2D eigenvalue weighted by molar-refractivity contribution is 6.25. The van der Waals surface area contributed by atoms with Gasteiger partial charge in [0.2, 0.25) is 0 Å². The summed E-state index contributed by atoms with van der Waals surface area (Å²) in [5, 5.41) is 6.66. The molecule has 0 atom stereocenters. The molecule has 4 heterocycles. The number of nitrogens with zero attached hydrogens (tertiary/aromatic N) is 2. The molecule has 0 saturated carbocycles. The lowest BCUT2D eigenvalue weighted by molar-refractivity contribution is 0.668. The highest BCUT2D eigenvalue weighted by Gasteiger charge is 2.21. The number of fused-ring (bicyclic) bond motifs is 10. The first kappa shape index (κ1) is 28.0. The zero-order chi connectivity index (χ0) is 33.5. The normalized spacial score (nSPS) is 11.9. The van der Waals surface area contributed by atoms with Crippen molar-refractivity contribution in [2.24, 2.45) is 0 Å². The molecule has 0 saturated heterocycles. The van der Waals surface area contributed by atoms with Gasteiger partial charge in [-0.3, -0.25) is 0 Å². The van der Waals surface area contributed by atoms with Crippen molar-refractivity contribution in [2.45, 2.75) is 0 Å². The summed E-state index contributed by atoms with van der Waals surface area (Å²) in [7, 11) is 0. The van der Waals surface area contributed by atoms with E-state index in [-0.39, 0.29) is 0 Å². The Balaban J connectivity index is 1.16. The van der Waals surface area contributed by atoms with E-state index in [1.807, 2.05) is 24.3 Å². The van der Waals surface area contributed by atoms with Crippen LogP contribution in [0.25, 0.3) is 105 Å². The number of hydrogen-bond donors (Lipinski definition) is 0. The Kier molecular flexibility index (Phi) is 5.92. The van der Waals surface area contributed by atoms with E-state index in [9.17, 15) is 0 Å². The molecule has 0 unspecified atom stereocenters. The van der Waals surface area contributed by atoms with E-state index in [2.05, 4.69) is 150 Å². The van der Waals surface area contributed by atoms with Crippen LogP contribution in [0.4, 0.5) is 0 Å². The summed E-state index contributed by atoms with van der Waals surface area (Å²) in [6.45, 7) is 0. The van der Waals surface area contributed by atoms with Gasteiger partial charge < -0.3 is 13.4 Å². The van der Waals surface area contributed by atoms with E-state index < -0.39 is 0 Å². The molecule has 0 N–H and O–H groups in total. The maximum Gasteiger partial charge on any atom is 0.145 e. The van der Waals surface area contributed by atoms with E-state index in [1.165, 1.54) is 0 Å². The van der Waals surface area contributed by atoms with Gasteiger partial charge in [-0.15, -0.1) is 0 Å². The smallest absolute Gasteiger partial charge is 0.145 e. The number of benzene rings is 7. The average Bonchev–Trinajstić information content (AvgIpc) is 3.87. The van der Waals surface area contributed by atoms with Crippen molar-refractivity contribution in [1.29, 1.82) is 0 Å². The molecular formula is C47H28N2O2. The van der Waals surface area contributed by atoms with Gasteiger partial charge in [-0.25, -0.2) is 4.98 Å². The van der Waals surface area contributed by atoms with Crippen LogP contribution in [-0.2, 0) is 0 Å². The van der Waals surface area contributed by atoms with Gasteiger partial charge in [0.05, 0.1) is 27.8 Å². The molecule has 0 aliphatic rings. The summed E-state index contributed by atoms with van der Waals surface area (Å²) in [6, 6.07) is 59.3. The third-order valence-corrected chi connectivity index (χ3v) is 10.2. The van der Waals surface area contributed by atoms with Crippen molar-refractivity contribution >= 4 is 65.7 Å². The topological polar surface area (TPSA) is 44.1 Å². The Hall–Kier alpha value is -6.91. The van der Waals surface area contributed by atoms with Crippen LogP contribution < -0.4 is 0 Å². The molecule has 11 aromatic rings. The van der Waals surface area contributed by atoms with Crippen molar-refractivity contribution in [2.75, 3.05) is 0 Å². The van der Waals surface area contributed by atoms with Gasteiger partial charge in [0, 0.05) is 55.4 Å². The van der Waals surface area contributed by atoms with Gasteiger partial charge in [-0.05, 0) is 54.1 Å². The van der Waals surface area contributed by atoms with Crippen LogP contribution in [0.2, 0.25) is 0 Å². The quantitative estimate of drug-likeness (QED) is 0.190. The molecule has 7 aromatic carbocycles. The van der Waals surface area contributed by atoms with Crippen molar-refractivity contribution in [3.63, 3.8) is 0 Å². The van der Waals surface area contributed by atoms with Crippen LogP contribution in [0.15, 0.2) is 179 Å². The SMILES string of the molecule is c1ccc(-c2cc(-c3cccc4c3oc3c4ccc4c3c3ccccc3n4-c3ccc4c(c3)oc3ccccc34)cc(-c3ccccc3)n2)cc1. The van der Waals surface area contributed by atoms with E-state index in [1.54, 1.807) is 0 Å². The van der Waals surface area contributed by atoms with E-state index in [0.29, 0.717) is 0 Å². The van der Waals surface area contributed by atoms with Crippen LogP contribution >= 0.6 is 0 Å². The molecule has 4 nitrogen and oxygen atoms in total. The predicted molar refractivity (Wildman–Crippen MR) is 209 cm³/mol. The molecular weight excluding hydrogens is 625 g/mol. The molecule has 0 aliphatic heterocycles. The number of furan rings is 2. The van der Waals surface area contributed by atoms with Crippen LogP contribution in [0.1, 0.15) is 0 Å². The van der Waals surface area contributed by atoms with Crippen molar-refractivity contribution in [3.8, 4) is 39.3 Å². The lowest BCUT2D eigenvalue weighted by Gasteiger charge is -2.10. The zero-order valence-corrected chi connectivity index (χ0v) is 27.4. The lowest BCUT2D eigenvalue weighted by Crippen LogP contribution is -1.93. The summed E-state index contributed by atoms with van der Waals surface area (Å²) in [4.78, 5) is 5.12. The first-order valence-corrected chi connectivity index (χ1v) is 17.2. The molecule has 51 heavy (non-hydrogen) atoms. The van der Waals surface area contributed by atoms with E-state index in [0.717, 1.165) is 105 Å². The van der Waals surface area contributed by atoms with Gasteiger partial charge in [0.1, 0.15) is 22.3 Å². The van der Waals surface area contributed by atoms with Crippen molar-refractivity contribution in [3.05, 3.63) is 170 Å². The number of aromatic nitrogens is 2. The molecule has 0 aliphatic carbocycles. The molecule has 0 spiro atoms. The first-order valence-electron chi connectivity index (χ1n) is 17.2. The summed E-state index contributed by atoms with van der Waals surface area (Å²) in [5.74, 6) is 0. The summed E-state index contributed by atoms with van der Waals surface area (Å²) >= 11 is 0. The maximum absolute atomic E-state index is 7.06. The number of pyridine rings is 1. The Morgan fingerprint density at radius 2 is 1.02 bits per heavy atom. The highest BCUT2D eigenvalue weighted by Crippen LogP contribution is 2.44. The zero-order valence-electron chi connectivity index (χ0n) is 27.4. The van der Waals surface area contributed by atoms with Gasteiger partial charge >= 0.3 is 0 Å². The third-order valence-electron chi connectivity index (χ3n) is 10.2. The minimum absolute atomic E-state index is 0.866. The second-order valence-corrected chi connectivity index (χ2v) is 13.1. The second kappa shape index (κ2) is 10.8. The molecule has 4 aromatic heterocycles. The second-order valence-electron chi connectivity index (χ2n) is 13.1. The van der Waals surface area contributed by atoms with Crippen LogP contribution in [0.3, 0.4) is 0 Å². The summed E-state index contributed by atoms with van der Waals surface area (Å²) in [5.41, 5.74) is 12.8. The molecule has 0 bridgehead atoms. The minimum Gasteiger partial charge on any atom is -0.456 e. The fourth-order valence-corrected chi connectivity index (χ4v) is 7.87. The number of para-hydroxylation sites is 3. The monoisotopic (exact) mass is 652 g/mol. The van der Waals surface area contributed by atoms with Gasteiger partial charge in [-0.2, -0.15) is 0 Å². The predicted octanol–water partition coefficient (Wildman–Crippen LogP) is 13.0. The fourth-order valence-electron chi connectivity index (χ4n) is 7.87. The van der Waals surface area contributed by atoms with Gasteiger partial charge in [0.25, 0.3) is 0 Å². The van der Waals surface area contributed by atoms with Crippen LogP contribution in [-0.4, -0.2) is 9.55 Å². The first-order chi connectivity index (χ1) is 25.3. The Morgan fingerprint density at radius 1 is 0.392 bits per heavy atom. The van der Waals surface area contributed by atoms with E-state index in [4.69, 9.17) is 13.8 Å². The molecule has 0 amide bonds. The van der Waals surface area contributed by atoms with Crippen molar-refractivity contribution < 1.29 is 8.83 Å². The van der Waals surface area contributed by atoms with E-state index >= 15 is 0 Å². The lowest BCUT2D eigenvalue weighted by atomic mass is 9.98. The number of hydrogen-bond acceptors (Lipinski definition) is 3. The standard InChI is InChI=1S/C47H28N2O2/c1-3-12-29(13-4-1)39-26-31(27-40(48-39)30-14-5-2-6-15-30)33-18-11-19-36-37-24-25-42-45(47(37)51-46(33)36)38-17-7-9-20-41(38)49(42)32-22-23-35-34-16-8-10-21-43(34)50-44(35)28-32/h1-28H. The molecule has 0 fully saturated rings. The maximum atomic E-state index is 7.06. The summed E-state index contributed by atoms with van der Waals surface area (Å²) in [6.07, 6.45) is 0.